The third-order valence-electron chi connectivity index (χ3n) is 8.22. The second-order valence-electron chi connectivity index (χ2n) is 9.91. The van der Waals surface area contributed by atoms with Crippen molar-refractivity contribution in [1.29, 1.82) is 0 Å². The fraction of sp³-hybridized carbons (Fsp3) is 0.955. The summed E-state index contributed by atoms with van der Waals surface area (Å²) in [5.74, 6) is 3.05. The number of hydroxylamine groups is 1. The summed E-state index contributed by atoms with van der Waals surface area (Å²) in [5, 5.41) is 16.5. The molecule has 0 radical (unpaired) electrons. The van der Waals surface area contributed by atoms with Crippen molar-refractivity contribution in [2.45, 2.75) is 90.1 Å². The Morgan fingerprint density at radius 2 is 1.93 bits per heavy atom. The predicted octanol–water partition coefficient (Wildman–Crippen LogP) is 2.53. The molecule has 28 heavy (non-hydrogen) atoms. The van der Waals surface area contributed by atoms with Crippen LogP contribution in [0.1, 0.15) is 71.6 Å². The molecular weight excluding hydrogens is 354 g/mol. The van der Waals surface area contributed by atoms with Crippen molar-refractivity contribution < 1.29 is 14.7 Å². The molecular formula is C22H39N3O3. The van der Waals surface area contributed by atoms with Gasteiger partial charge in [-0.05, 0) is 87.4 Å². The van der Waals surface area contributed by atoms with Gasteiger partial charge in [-0.15, -0.1) is 0 Å². The fourth-order valence-corrected chi connectivity index (χ4v) is 6.36. The summed E-state index contributed by atoms with van der Waals surface area (Å²) in [6.45, 7) is 4.56. The molecule has 4 fully saturated rings. The zero-order chi connectivity index (χ0) is 19.7. The Bertz CT molecular complexity index is 545. The van der Waals surface area contributed by atoms with Crippen molar-refractivity contribution in [3.63, 3.8) is 0 Å². The lowest BCUT2D eigenvalue weighted by molar-refractivity contribution is -0.129. The number of aliphatic hydroxyl groups is 1. The van der Waals surface area contributed by atoms with Crippen LogP contribution in [0.25, 0.3) is 0 Å². The molecule has 0 spiro atoms. The Balaban J connectivity index is 1.29. The Kier molecular flexibility index (Phi) is 6.60. The molecule has 0 aromatic rings. The molecule has 3 aliphatic carbocycles. The van der Waals surface area contributed by atoms with Crippen LogP contribution in [0.15, 0.2) is 0 Å². The maximum absolute atomic E-state index is 13.0. The van der Waals surface area contributed by atoms with Gasteiger partial charge in [0.25, 0.3) is 0 Å². The molecule has 0 aromatic heterocycles. The predicted molar refractivity (Wildman–Crippen MR) is 108 cm³/mol. The summed E-state index contributed by atoms with van der Waals surface area (Å²) in [6, 6.07) is 0.351. The molecule has 6 nitrogen and oxygen atoms in total. The first-order valence-electron chi connectivity index (χ1n) is 11.7. The van der Waals surface area contributed by atoms with E-state index in [1.807, 2.05) is 0 Å². The first kappa shape index (κ1) is 20.6. The van der Waals surface area contributed by atoms with E-state index in [4.69, 9.17) is 4.84 Å². The van der Waals surface area contributed by atoms with E-state index >= 15 is 0 Å². The SMILES string of the molecule is CCC1NC(C2CCC3C(CC[C@H]3NC(=O)C3CC(CO)CCC3C)C2)NO1. The summed E-state index contributed by atoms with van der Waals surface area (Å²) in [7, 11) is 0. The molecule has 160 valence electrons. The van der Waals surface area contributed by atoms with Gasteiger partial charge in [0.2, 0.25) is 5.91 Å². The molecule has 1 aliphatic heterocycles. The topological polar surface area (TPSA) is 82.6 Å². The minimum Gasteiger partial charge on any atom is -0.396 e. The standard InChI is InChI=1S/C22H39N3O3/c1-3-20-24-21(25-28-20)16-6-8-17-15(11-16)7-9-19(17)23-22(27)18-10-14(12-26)5-4-13(18)2/h13-21,24-26H,3-12H2,1-2H3,(H,23,27)/t13?,14?,15?,16?,17?,18?,19-,20?,21?/m1/s1. The lowest BCUT2D eigenvalue weighted by Crippen LogP contribution is -2.47. The van der Waals surface area contributed by atoms with Gasteiger partial charge in [0.15, 0.2) is 0 Å². The van der Waals surface area contributed by atoms with Crippen molar-refractivity contribution in [2.24, 2.45) is 35.5 Å². The number of rotatable bonds is 5. The zero-order valence-electron chi connectivity index (χ0n) is 17.5. The normalized spacial score (nSPS) is 46.3. The van der Waals surface area contributed by atoms with Crippen LogP contribution in [-0.2, 0) is 9.63 Å². The third kappa shape index (κ3) is 4.25. The van der Waals surface area contributed by atoms with Crippen LogP contribution in [0.2, 0.25) is 0 Å². The number of hydrogen-bond acceptors (Lipinski definition) is 5. The molecule has 1 heterocycles. The highest BCUT2D eigenvalue weighted by molar-refractivity contribution is 5.79. The molecule has 6 heteroatoms. The second-order valence-corrected chi connectivity index (χ2v) is 9.91. The van der Waals surface area contributed by atoms with Crippen LogP contribution in [0.5, 0.6) is 0 Å². The minimum atomic E-state index is 0.0799. The number of aliphatic hydroxyl groups excluding tert-OH is 1. The Morgan fingerprint density at radius 1 is 1.11 bits per heavy atom. The van der Waals surface area contributed by atoms with Gasteiger partial charge in [-0.3, -0.25) is 14.9 Å². The van der Waals surface area contributed by atoms with Crippen LogP contribution in [0.3, 0.4) is 0 Å². The van der Waals surface area contributed by atoms with Gasteiger partial charge in [0.1, 0.15) is 6.23 Å². The highest BCUT2D eigenvalue weighted by Crippen LogP contribution is 2.46. The summed E-state index contributed by atoms with van der Waals surface area (Å²) in [5.41, 5.74) is 3.21. The molecule has 9 atom stereocenters. The van der Waals surface area contributed by atoms with E-state index in [1.165, 1.54) is 25.7 Å². The lowest BCUT2D eigenvalue weighted by Gasteiger charge is -2.38. The monoisotopic (exact) mass is 393 g/mol. The van der Waals surface area contributed by atoms with E-state index in [-0.39, 0.29) is 30.8 Å². The average Bonchev–Trinajstić information content (AvgIpc) is 3.35. The van der Waals surface area contributed by atoms with E-state index in [9.17, 15) is 9.90 Å². The fourth-order valence-electron chi connectivity index (χ4n) is 6.36. The highest BCUT2D eigenvalue weighted by Gasteiger charge is 2.44. The molecule has 0 aromatic carbocycles. The van der Waals surface area contributed by atoms with Crippen LogP contribution in [0.4, 0.5) is 0 Å². The van der Waals surface area contributed by atoms with Gasteiger partial charge in [-0.2, -0.15) is 5.48 Å². The summed E-state index contributed by atoms with van der Waals surface area (Å²) < 4.78 is 0. The van der Waals surface area contributed by atoms with Crippen molar-refractivity contribution in [3.8, 4) is 0 Å². The lowest BCUT2D eigenvalue weighted by atomic mass is 9.73. The van der Waals surface area contributed by atoms with Crippen molar-refractivity contribution in [2.75, 3.05) is 6.61 Å². The quantitative estimate of drug-likeness (QED) is 0.577. The number of carbonyl (C=O) groups excluding carboxylic acids is 1. The number of fused-ring (bicyclic) bond motifs is 1. The average molecular weight is 394 g/mol. The van der Waals surface area contributed by atoms with Crippen LogP contribution < -0.4 is 16.1 Å². The van der Waals surface area contributed by atoms with Crippen LogP contribution in [0, 0.1) is 35.5 Å². The van der Waals surface area contributed by atoms with E-state index in [0.717, 1.165) is 38.0 Å². The largest absolute Gasteiger partial charge is 0.396 e. The summed E-state index contributed by atoms with van der Waals surface area (Å²) in [4.78, 5) is 18.6. The third-order valence-corrected chi connectivity index (χ3v) is 8.22. The van der Waals surface area contributed by atoms with Crippen LogP contribution in [-0.4, -0.2) is 36.1 Å². The second kappa shape index (κ2) is 8.99. The molecule has 1 saturated heterocycles. The number of carbonyl (C=O) groups is 1. The number of hydrogen-bond donors (Lipinski definition) is 4. The van der Waals surface area contributed by atoms with Crippen molar-refractivity contribution in [1.82, 2.24) is 16.1 Å². The van der Waals surface area contributed by atoms with Gasteiger partial charge in [-0.25, -0.2) is 0 Å². The Morgan fingerprint density at radius 3 is 2.68 bits per heavy atom. The summed E-state index contributed by atoms with van der Waals surface area (Å²) >= 11 is 0. The molecule has 4 N–H and O–H groups in total. The minimum absolute atomic E-state index is 0.0799. The van der Waals surface area contributed by atoms with Gasteiger partial charge in [-0.1, -0.05) is 13.8 Å². The van der Waals surface area contributed by atoms with E-state index in [0.29, 0.717) is 29.7 Å². The van der Waals surface area contributed by atoms with Crippen LogP contribution >= 0.6 is 0 Å². The number of amides is 1. The highest BCUT2D eigenvalue weighted by atomic mass is 16.7. The zero-order valence-corrected chi connectivity index (χ0v) is 17.5. The molecule has 4 rings (SSSR count). The maximum Gasteiger partial charge on any atom is 0.223 e. The molecule has 3 saturated carbocycles. The van der Waals surface area contributed by atoms with Gasteiger partial charge < -0.3 is 10.4 Å². The number of nitrogens with one attached hydrogen (secondary N) is 3. The molecule has 1 amide bonds. The Hall–Kier alpha value is -0.690. The van der Waals surface area contributed by atoms with E-state index < -0.39 is 0 Å². The molecule has 8 unspecified atom stereocenters. The van der Waals surface area contributed by atoms with E-state index in [1.54, 1.807) is 0 Å². The van der Waals surface area contributed by atoms with Crippen molar-refractivity contribution >= 4 is 5.91 Å². The van der Waals surface area contributed by atoms with Gasteiger partial charge in [0, 0.05) is 18.6 Å². The smallest absolute Gasteiger partial charge is 0.223 e. The van der Waals surface area contributed by atoms with Gasteiger partial charge in [0.05, 0.1) is 6.17 Å². The van der Waals surface area contributed by atoms with E-state index in [2.05, 4.69) is 30.0 Å². The van der Waals surface area contributed by atoms with Crippen molar-refractivity contribution in [3.05, 3.63) is 0 Å². The molecule has 4 aliphatic rings. The molecule has 0 bridgehead atoms. The first-order chi connectivity index (χ1) is 13.6. The maximum atomic E-state index is 13.0. The summed E-state index contributed by atoms with van der Waals surface area (Å²) in [6.07, 6.45) is 10.4. The first-order valence-corrected chi connectivity index (χ1v) is 11.7. The Labute approximate surface area is 169 Å². The van der Waals surface area contributed by atoms with Gasteiger partial charge >= 0.3 is 0 Å².